The van der Waals surface area contributed by atoms with Gasteiger partial charge in [0.25, 0.3) is 5.69 Å². The van der Waals surface area contributed by atoms with Crippen molar-refractivity contribution in [3.05, 3.63) is 70.3 Å². The summed E-state index contributed by atoms with van der Waals surface area (Å²) in [5, 5.41) is 23.3. The lowest BCUT2D eigenvalue weighted by atomic mass is 10.0. The van der Waals surface area contributed by atoms with Crippen molar-refractivity contribution in [2.45, 2.75) is 18.9 Å². The molecule has 0 saturated heterocycles. The molecule has 2 rings (SSSR count). The number of aliphatic hydroxyl groups is 1. The lowest BCUT2D eigenvalue weighted by Crippen LogP contribution is -2.12. The molecule has 0 bridgehead atoms. The van der Waals surface area contributed by atoms with E-state index in [-0.39, 0.29) is 18.3 Å². The zero-order chi connectivity index (χ0) is 15.1. The Morgan fingerprint density at radius 2 is 1.76 bits per heavy atom. The fraction of sp³-hybridized carbons (Fsp3) is 0.250. The summed E-state index contributed by atoms with van der Waals surface area (Å²) in [6.07, 6.45) is 1.33. The van der Waals surface area contributed by atoms with Crippen molar-refractivity contribution in [2.24, 2.45) is 0 Å². The van der Waals surface area contributed by atoms with Gasteiger partial charge in [-0.25, -0.2) is 0 Å². The Hall–Kier alpha value is -2.40. The maximum absolute atomic E-state index is 11.1. The van der Waals surface area contributed by atoms with Gasteiger partial charge in [0.1, 0.15) is 5.69 Å². The predicted octanol–water partition coefficient (Wildman–Crippen LogP) is 3.52. The fourth-order valence-corrected chi connectivity index (χ4v) is 2.25. The minimum atomic E-state index is -0.392. The number of nitrogens with one attached hydrogen (secondary N) is 1. The highest BCUT2D eigenvalue weighted by atomic mass is 16.6. The SMILES string of the molecule is O=[N+]([O-])c1ccccc1NC(CCCO)c1ccccc1. The number of para-hydroxylation sites is 2. The molecule has 0 fully saturated rings. The van der Waals surface area contributed by atoms with Gasteiger partial charge in [0, 0.05) is 12.7 Å². The van der Waals surface area contributed by atoms with Crippen LogP contribution in [0.25, 0.3) is 0 Å². The average Bonchev–Trinajstić information content (AvgIpc) is 2.52. The van der Waals surface area contributed by atoms with Crippen LogP contribution in [0.15, 0.2) is 54.6 Å². The van der Waals surface area contributed by atoms with E-state index in [9.17, 15) is 10.1 Å². The van der Waals surface area contributed by atoms with E-state index < -0.39 is 4.92 Å². The quantitative estimate of drug-likeness (QED) is 0.603. The van der Waals surface area contributed by atoms with E-state index in [4.69, 9.17) is 5.11 Å². The van der Waals surface area contributed by atoms with Crippen LogP contribution in [-0.2, 0) is 0 Å². The van der Waals surface area contributed by atoms with E-state index in [0.717, 1.165) is 5.56 Å². The normalized spacial score (nSPS) is 11.9. The monoisotopic (exact) mass is 286 g/mol. The van der Waals surface area contributed by atoms with Crippen LogP contribution in [0, 0.1) is 10.1 Å². The van der Waals surface area contributed by atoms with Crippen LogP contribution < -0.4 is 5.32 Å². The largest absolute Gasteiger partial charge is 0.396 e. The van der Waals surface area contributed by atoms with Crippen molar-refractivity contribution >= 4 is 11.4 Å². The van der Waals surface area contributed by atoms with Crippen molar-refractivity contribution in [3.63, 3.8) is 0 Å². The van der Waals surface area contributed by atoms with Crippen molar-refractivity contribution < 1.29 is 10.0 Å². The summed E-state index contributed by atoms with van der Waals surface area (Å²) in [5.74, 6) is 0. The van der Waals surface area contributed by atoms with E-state index >= 15 is 0 Å². The van der Waals surface area contributed by atoms with Crippen LogP contribution in [0.3, 0.4) is 0 Å². The van der Waals surface area contributed by atoms with Gasteiger partial charge in [-0.3, -0.25) is 10.1 Å². The Balaban J connectivity index is 2.25. The van der Waals surface area contributed by atoms with Crippen LogP contribution in [-0.4, -0.2) is 16.6 Å². The number of benzene rings is 2. The minimum absolute atomic E-state index is 0.0578. The predicted molar refractivity (Wildman–Crippen MR) is 82.2 cm³/mol. The second-order valence-electron chi connectivity index (χ2n) is 4.75. The Labute approximate surface area is 123 Å². The number of nitrogens with zero attached hydrogens (tertiary/aromatic N) is 1. The average molecular weight is 286 g/mol. The van der Waals surface area contributed by atoms with Gasteiger partial charge in [0.05, 0.1) is 11.0 Å². The molecule has 0 aliphatic rings. The molecule has 0 saturated carbocycles. The first kappa shape index (κ1) is 15.0. The second-order valence-corrected chi connectivity index (χ2v) is 4.75. The maximum Gasteiger partial charge on any atom is 0.292 e. The number of aliphatic hydroxyl groups excluding tert-OH is 1. The summed E-state index contributed by atoms with van der Waals surface area (Å²) in [6, 6.07) is 16.3. The Kier molecular flexibility index (Phi) is 5.29. The molecule has 5 heteroatoms. The smallest absolute Gasteiger partial charge is 0.292 e. The van der Waals surface area contributed by atoms with Gasteiger partial charge < -0.3 is 10.4 Å². The summed E-state index contributed by atoms with van der Waals surface area (Å²) in [7, 11) is 0. The van der Waals surface area contributed by atoms with E-state index in [1.807, 2.05) is 30.3 Å². The van der Waals surface area contributed by atoms with Crippen LogP contribution in [0.2, 0.25) is 0 Å². The number of nitro benzene ring substituents is 1. The maximum atomic E-state index is 11.1. The Morgan fingerprint density at radius 1 is 1.10 bits per heavy atom. The summed E-state index contributed by atoms with van der Waals surface area (Å²) >= 11 is 0. The van der Waals surface area contributed by atoms with Gasteiger partial charge in [-0.1, -0.05) is 42.5 Å². The Morgan fingerprint density at radius 3 is 2.43 bits per heavy atom. The number of hydrogen-bond donors (Lipinski definition) is 2. The van der Waals surface area contributed by atoms with Crippen LogP contribution in [0.5, 0.6) is 0 Å². The molecule has 0 aliphatic heterocycles. The summed E-state index contributed by atoms with van der Waals surface area (Å²) in [4.78, 5) is 10.7. The molecular weight excluding hydrogens is 268 g/mol. The van der Waals surface area contributed by atoms with Gasteiger partial charge in [0.15, 0.2) is 0 Å². The molecule has 0 heterocycles. The standard InChI is InChI=1S/C16H18N2O3/c19-12-6-10-14(13-7-2-1-3-8-13)17-15-9-4-5-11-16(15)18(20)21/h1-5,7-9,11,14,17,19H,6,10,12H2. The third-order valence-electron chi connectivity index (χ3n) is 3.28. The lowest BCUT2D eigenvalue weighted by molar-refractivity contribution is -0.384. The Bertz CT molecular complexity index is 587. The summed E-state index contributed by atoms with van der Waals surface area (Å²) in [5.41, 5.74) is 1.60. The summed E-state index contributed by atoms with van der Waals surface area (Å²) in [6.45, 7) is 0.0991. The van der Waals surface area contributed by atoms with Crippen LogP contribution >= 0.6 is 0 Å². The lowest BCUT2D eigenvalue weighted by Gasteiger charge is -2.20. The van der Waals surface area contributed by atoms with E-state index in [1.54, 1.807) is 18.2 Å². The van der Waals surface area contributed by atoms with Crippen molar-refractivity contribution in [1.29, 1.82) is 0 Å². The first-order chi connectivity index (χ1) is 10.2. The second kappa shape index (κ2) is 7.40. The third kappa shape index (κ3) is 4.03. The van der Waals surface area contributed by atoms with Gasteiger partial charge in [-0.05, 0) is 24.5 Å². The topological polar surface area (TPSA) is 75.4 Å². The first-order valence-electron chi connectivity index (χ1n) is 6.88. The van der Waals surface area contributed by atoms with Gasteiger partial charge in [-0.15, -0.1) is 0 Å². The molecule has 1 atom stereocenters. The van der Waals surface area contributed by atoms with Gasteiger partial charge >= 0.3 is 0 Å². The first-order valence-corrected chi connectivity index (χ1v) is 6.88. The highest BCUT2D eigenvalue weighted by Crippen LogP contribution is 2.29. The number of rotatable bonds is 7. The molecule has 2 aromatic carbocycles. The molecule has 1 unspecified atom stereocenters. The van der Waals surface area contributed by atoms with E-state index in [2.05, 4.69) is 5.32 Å². The van der Waals surface area contributed by atoms with Gasteiger partial charge in [0.2, 0.25) is 0 Å². The molecule has 0 aromatic heterocycles. The highest BCUT2D eigenvalue weighted by Gasteiger charge is 2.17. The van der Waals surface area contributed by atoms with Gasteiger partial charge in [-0.2, -0.15) is 0 Å². The minimum Gasteiger partial charge on any atom is -0.396 e. The zero-order valence-electron chi connectivity index (χ0n) is 11.6. The number of nitro groups is 1. The molecule has 110 valence electrons. The van der Waals surface area contributed by atoms with E-state index in [1.165, 1.54) is 6.07 Å². The molecule has 5 nitrogen and oxygen atoms in total. The molecule has 0 radical (unpaired) electrons. The molecular formula is C16H18N2O3. The number of hydrogen-bond acceptors (Lipinski definition) is 4. The van der Waals surface area contributed by atoms with E-state index in [0.29, 0.717) is 18.5 Å². The molecule has 0 spiro atoms. The van der Waals surface area contributed by atoms with Crippen LogP contribution in [0.1, 0.15) is 24.4 Å². The molecule has 0 amide bonds. The fourth-order valence-electron chi connectivity index (χ4n) is 2.25. The van der Waals surface area contributed by atoms with Crippen LogP contribution in [0.4, 0.5) is 11.4 Å². The molecule has 21 heavy (non-hydrogen) atoms. The third-order valence-corrected chi connectivity index (χ3v) is 3.28. The van der Waals surface area contributed by atoms with Crippen molar-refractivity contribution in [3.8, 4) is 0 Å². The highest BCUT2D eigenvalue weighted by molar-refractivity contribution is 5.62. The van der Waals surface area contributed by atoms with Crippen molar-refractivity contribution in [1.82, 2.24) is 0 Å². The molecule has 2 aromatic rings. The summed E-state index contributed by atoms with van der Waals surface area (Å²) < 4.78 is 0. The zero-order valence-corrected chi connectivity index (χ0v) is 11.6. The molecule has 0 aliphatic carbocycles. The molecule has 2 N–H and O–H groups in total. The number of anilines is 1. The van der Waals surface area contributed by atoms with Crippen molar-refractivity contribution in [2.75, 3.05) is 11.9 Å².